The van der Waals surface area contributed by atoms with Crippen molar-refractivity contribution in [3.63, 3.8) is 0 Å². The van der Waals surface area contributed by atoms with Gasteiger partial charge in [0.2, 0.25) is 0 Å². The summed E-state index contributed by atoms with van der Waals surface area (Å²) in [7, 11) is 0. The van der Waals surface area contributed by atoms with Gasteiger partial charge in [-0.25, -0.2) is 0 Å². The monoisotopic (exact) mass is 222 g/mol. The Morgan fingerprint density at radius 1 is 0.938 bits per heavy atom. The first kappa shape index (κ1) is 15.5. The van der Waals surface area contributed by atoms with E-state index in [1.807, 2.05) is 6.08 Å². The van der Waals surface area contributed by atoms with Gasteiger partial charge < -0.3 is 0 Å². The summed E-state index contributed by atoms with van der Waals surface area (Å²) < 4.78 is 0. The summed E-state index contributed by atoms with van der Waals surface area (Å²) in [5.41, 5.74) is 0. The summed E-state index contributed by atoms with van der Waals surface area (Å²) in [5.74, 6) is 0.762. The van der Waals surface area contributed by atoms with Gasteiger partial charge in [0.15, 0.2) is 0 Å². The zero-order valence-corrected chi connectivity index (χ0v) is 11.4. The zero-order chi connectivity index (χ0) is 12.1. The fourth-order valence-electron chi connectivity index (χ4n) is 1.87. The van der Waals surface area contributed by atoms with Crippen LogP contribution >= 0.6 is 0 Å². The number of allylic oxidation sites excluding steroid dienone is 3. The van der Waals surface area contributed by atoms with Gasteiger partial charge in [0.1, 0.15) is 0 Å². The highest BCUT2D eigenvalue weighted by atomic mass is 14.0. The molecule has 0 N–H and O–H groups in total. The Hall–Kier alpha value is -0.520. The molecule has 0 aliphatic heterocycles. The maximum atomic E-state index is 3.77. The molecule has 1 unspecified atom stereocenters. The average molecular weight is 222 g/mol. The minimum absolute atomic E-state index is 0.762. The van der Waals surface area contributed by atoms with Crippen molar-refractivity contribution in [1.29, 1.82) is 0 Å². The molecule has 94 valence electrons. The lowest BCUT2D eigenvalue weighted by atomic mass is 10.0. The number of unbranched alkanes of at least 4 members (excludes halogenated alkanes) is 6. The molecule has 0 aromatic heterocycles. The maximum Gasteiger partial charge on any atom is -0.0322 e. The highest BCUT2D eigenvalue weighted by Gasteiger charge is 1.94. The molecule has 0 saturated carbocycles. The van der Waals surface area contributed by atoms with E-state index in [0.29, 0.717) is 0 Å². The molecular weight excluding hydrogens is 192 g/mol. The Morgan fingerprint density at radius 3 is 2.31 bits per heavy atom. The molecule has 0 nitrogen and oxygen atoms in total. The molecule has 0 aromatic carbocycles. The number of rotatable bonds is 11. The summed E-state index contributed by atoms with van der Waals surface area (Å²) in [6, 6.07) is 0. The van der Waals surface area contributed by atoms with Gasteiger partial charge in [-0.3, -0.25) is 0 Å². The maximum absolute atomic E-state index is 3.77. The summed E-state index contributed by atoms with van der Waals surface area (Å²) in [4.78, 5) is 0. The van der Waals surface area contributed by atoms with Crippen molar-refractivity contribution < 1.29 is 0 Å². The van der Waals surface area contributed by atoms with Crippen LogP contribution in [0.3, 0.4) is 0 Å². The lowest BCUT2D eigenvalue weighted by Crippen LogP contribution is -1.88. The molecule has 0 amide bonds. The fourth-order valence-corrected chi connectivity index (χ4v) is 1.87. The first-order valence-electron chi connectivity index (χ1n) is 7.07. The fraction of sp³-hybridized carbons (Fsp3) is 0.750. The van der Waals surface area contributed by atoms with Crippen molar-refractivity contribution in [3.8, 4) is 0 Å². The molecule has 0 spiro atoms. The van der Waals surface area contributed by atoms with E-state index in [0.717, 1.165) is 12.3 Å². The zero-order valence-electron chi connectivity index (χ0n) is 11.4. The second-order valence-electron chi connectivity index (χ2n) is 4.89. The van der Waals surface area contributed by atoms with Gasteiger partial charge >= 0.3 is 0 Å². The molecule has 0 aliphatic rings. The Morgan fingerprint density at radius 2 is 1.62 bits per heavy atom. The van der Waals surface area contributed by atoms with Gasteiger partial charge in [-0.2, -0.15) is 0 Å². The van der Waals surface area contributed by atoms with E-state index in [2.05, 4.69) is 32.6 Å². The van der Waals surface area contributed by atoms with E-state index in [9.17, 15) is 0 Å². The van der Waals surface area contributed by atoms with Crippen LogP contribution in [0, 0.1) is 5.92 Å². The molecule has 1 atom stereocenters. The SMILES string of the molecule is C=CCC(C)CC=CCCCCCCCC. The van der Waals surface area contributed by atoms with Crippen LogP contribution in [0.4, 0.5) is 0 Å². The quantitative estimate of drug-likeness (QED) is 0.302. The van der Waals surface area contributed by atoms with Crippen LogP contribution in [-0.4, -0.2) is 0 Å². The van der Waals surface area contributed by atoms with Crippen LogP contribution in [0.25, 0.3) is 0 Å². The van der Waals surface area contributed by atoms with Gasteiger partial charge in [0, 0.05) is 0 Å². The molecule has 0 aromatic rings. The Kier molecular flexibility index (Phi) is 12.1. The van der Waals surface area contributed by atoms with Crippen LogP contribution in [-0.2, 0) is 0 Å². The Labute approximate surface area is 103 Å². The van der Waals surface area contributed by atoms with Gasteiger partial charge in [0.05, 0.1) is 0 Å². The highest BCUT2D eigenvalue weighted by molar-refractivity contribution is 4.84. The molecule has 0 bridgehead atoms. The third kappa shape index (κ3) is 11.6. The van der Waals surface area contributed by atoms with Crippen molar-refractivity contribution in [2.75, 3.05) is 0 Å². The molecule has 0 aliphatic carbocycles. The van der Waals surface area contributed by atoms with Crippen molar-refractivity contribution >= 4 is 0 Å². The molecular formula is C16H30. The predicted molar refractivity (Wildman–Crippen MR) is 75.7 cm³/mol. The molecule has 0 heteroatoms. The van der Waals surface area contributed by atoms with E-state index in [-0.39, 0.29) is 0 Å². The largest absolute Gasteiger partial charge is 0.103 e. The third-order valence-corrected chi connectivity index (χ3v) is 3.00. The lowest BCUT2D eigenvalue weighted by molar-refractivity contribution is 0.597. The van der Waals surface area contributed by atoms with Crippen molar-refractivity contribution in [2.24, 2.45) is 5.92 Å². The van der Waals surface area contributed by atoms with Crippen LogP contribution in [0.1, 0.15) is 71.6 Å². The van der Waals surface area contributed by atoms with E-state index >= 15 is 0 Å². The third-order valence-electron chi connectivity index (χ3n) is 3.00. The standard InChI is InChI=1S/C16H30/c1-4-6-7-8-9-10-11-12-13-15-16(3)14-5-2/h5,12-13,16H,2,4,6-11,14-15H2,1,3H3. The summed E-state index contributed by atoms with van der Waals surface area (Å²) >= 11 is 0. The van der Waals surface area contributed by atoms with Crippen LogP contribution in [0.2, 0.25) is 0 Å². The van der Waals surface area contributed by atoms with Crippen molar-refractivity contribution in [3.05, 3.63) is 24.8 Å². The highest BCUT2D eigenvalue weighted by Crippen LogP contribution is 2.10. The van der Waals surface area contributed by atoms with E-state index < -0.39 is 0 Å². The summed E-state index contributed by atoms with van der Waals surface area (Å²) in [6.45, 7) is 8.33. The first-order valence-corrected chi connectivity index (χ1v) is 7.07. The second-order valence-corrected chi connectivity index (χ2v) is 4.89. The number of hydrogen-bond donors (Lipinski definition) is 0. The molecule has 0 rings (SSSR count). The summed E-state index contributed by atoms with van der Waals surface area (Å²) in [6.07, 6.45) is 18.7. The van der Waals surface area contributed by atoms with Gasteiger partial charge in [-0.1, -0.05) is 64.2 Å². The van der Waals surface area contributed by atoms with Crippen LogP contribution in [0.15, 0.2) is 24.8 Å². The molecule has 0 radical (unpaired) electrons. The first-order chi connectivity index (χ1) is 7.81. The topological polar surface area (TPSA) is 0 Å². The van der Waals surface area contributed by atoms with E-state index in [1.54, 1.807) is 0 Å². The molecule has 0 heterocycles. The van der Waals surface area contributed by atoms with Gasteiger partial charge in [-0.05, 0) is 31.6 Å². The average Bonchev–Trinajstić information content (AvgIpc) is 2.27. The van der Waals surface area contributed by atoms with E-state index in [4.69, 9.17) is 0 Å². The minimum atomic E-state index is 0.762. The Bertz CT molecular complexity index is 167. The smallest absolute Gasteiger partial charge is 0.0322 e. The minimum Gasteiger partial charge on any atom is -0.103 e. The second kappa shape index (κ2) is 12.5. The molecule has 0 saturated heterocycles. The van der Waals surface area contributed by atoms with Crippen LogP contribution in [0.5, 0.6) is 0 Å². The van der Waals surface area contributed by atoms with Crippen molar-refractivity contribution in [1.82, 2.24) is 0 Å². The lowest BCUT2D eigenvalue weighted by Gasteiger charge is -2.03. The molecule has 16 heavy (non-hydrogen) atoms. The van der Waals surface area contributed by atoms with Gasteiger partial charge in [-0.15, -0.1) is 6.58 Å². The Balaban J connectivity index is 3.18. The van der Waals surface area contributed by atoms with Gasteiger partial charge in [0.25, 0.3) is 0 Å². The normalized spacial score (nSPS) is 13.1. The summed E-state index contributed by atoms with van der Waals surface area (Å²) in [5, 5.41) is 0. The number of hydrogen-bond acceptors (Lipinski definition) is 0. The predicted octanol–water partition coefficient (Wildman–Crippen LogP) is 5.90. The van der Waals surface area contributed by atoms with Crippen molar-refractivity contribution in [2.45, 2.75) is 71.6 Å². The molecule has 0 fully saturated rings. The van der Waals surface area contributed by atoms with Crippen LogP contribution < -0.4 is 0 Å². The van der Waals surface area contributed by atoms with E-state index in [1.165, 1.54) is 51.4 Å².